The van der Waals surface area contributed by atoms with Crippen molar-refractivity contribution < 1.29 is 0 Å². The summed E-state index contributed by atoms with van der Waals surface area (Å²) in [4.78, 5) is 23.0. The molecule has 2 aromatic heterocycles. The molecule has 142 valence electrons. The number of hydrogen-bond donors (Lipinski definition) is 0. The topological polar surface area (TPSA) is 52.7 Å². The molecule has 0 spiro atoms. The molecule has 7 heteroatoms. The molecule has 0 saturated carbocycles. The van der Waals surface area contributed by atoms with Gasteiger partial charge in [0.15, 0.2) is 5.82 Å². The van der Waals surface area contributed by atoms with Crippen LogP contribution in [-0.2, 0) is 7.05 Å². The van der Waals surface area contributed by atoms with Crippen LogP contribution in [0.2, 0.25) is 10.0 Å². The highest BCUT2D eigenvalue weighted by Crippen LogP contribution is 2.31. The average Bonchev–Trinajstić information content (AvgIpc) is 3.04. The van der Waals surface area contributed by atoms with Crippen molar-refractivity contribution >= 4 is 45.1 Å². The minimum atomic E-state index is -0.213. The van der Waals surface area contributed by atoms with E-state index in [9.17, 15) is 4.79 Å². The number of aryl methyl sites for hydroxylation is 1. The molecule has 0 amide bonds. The molecular formula is C22H14Cl2N4O. The number of halogens is 2. The third kappa shape index (κ3) is 2.82. The summed E-state index contributed by atoms with van der Waals surface area (Å²) in [7, 11) is 1.87. The molecule has 0 fully saturated rings. The first kappa shape index (κ1) is 17.9. The van der Waals surface area contributed by atoms with E-state index in [4.69, 9.17) is 33.2 Å². The summed E-state index contributed by atoms with van der Waals surface area (Å²) in [5.74, 6) is 0.879. The predicted molar refractivity (Wildman–Crippen MR) is 117 cm³/mol. The summed E-state index contributed by atoms with van der Waals surface area (Å²) in [6, 6.07) is 20.1. The normalized spacial score (nSPS) is 11.4. The summed E-state index contributed by atoms with van der Waals surface area (Å²) < 4.78 is 3.39. The molecule has 0 unspecified atom stereocenters. The number of benzene rings is 3. The Morgan fingerprint density at radius 2 is 1.59 bits per heavy atom. The van der Waals surface area contributed by atoms with Crippen molar-refractivity contribution in [3.63, 3.8) is 0 Å². The fourth-order valence-electron chi connectivity index (χ4n) is 3.50. The van der Waals surface area contributed by atoms with E-state index in [1.54, 1.807) is 24.3 Å². The van der Waals surface area contributed by atoms with Crippen LogP contribution < -0.4 is 5.56 Å². The summed E-state index contributed by atoms with van der Waals surface area (Å²) in [6.07, 6.45) is 0. The van der Waals surface area contributed by atoms with Crippen LogP contribution in [0.25, 0.3) is 39.3 Å². The zero-order chi connectivity index (χ0) is 20.1. The van der Waals surface area contributed by atoms with E-state index in [1.165, 1.54) is 4.57 Å². The van der Waals surface area contributed by atoms with E-state index in [0.717, 1.165) is 11.0 Å². The summed E-state index contributed by atoms with van der Waals surface area (Å²) in [6.45, 7) is 0. The second kappa shape index (κ2) is 6.72. The largest absolute Gasteiger partial charge is 0.313 e. The van der Waals surface area contributed by atoms with Crippen LogP contribution in [0.15, 0.2) is 71.5 Å². The quantitative estimate of drug-likeness (QED) is 0.392. The fraction of sp³-hybridized carbons (Fsp3) is 0.0455. The second-order valence-electron chi connectivity index (χ2n) is 6.68. The molecular weight excluding hydrogens is 407 g/mol. The molecule has 0 aliphatic carbocycles. The maximum Gasteiger partial charge on any atom is 0.268 e. The van der Waals surface area contributed by atoms with Gasteiger partial charge in [0.25, 0.3) is 5.56 Å². The number of fused-ring (bicyclic) bond motifs is 2. The van der Waals surface area contributed by atoms with E-state index in [0.29, 0.717) is 38.3 Å². The van der Waals surface area contributed by atoms with Crippen LogP contribution in [0.5, 0.6) is 0 Å². The number of aromatic nitrogens is 4. The van der Waals surface area contributed by atoms with E-state index >= 15 is 0 Å². The third-order valence-corrected chi connectivity index (χ3v) is 5.46. The molecule has 29 heavy (non-hydrogen) atoms. The molecule has 0 N–H and O–H groups in total. The molecule has 0 radical (unpaired) electrons. The van der Waals surface area contributed by atoms with Gasteiger partial charge in [-0.1, -0.05) is 47.5 Å². The van der Waals surface area contributed by atoms with Crippen LogP contribution >= 0.6 is 23.2 Å². The smallest absolute Gasteiger partial charge is 0.268 e. The highest BCUT2D eigenvalue weighted by Gasteiger charge is 2.20. The highest BCUT2D eigenvalue weighted by molar-refractivity contribution is 6.36. The summed E-state index contributed by atoms with van der Waals surface area (Å²) in [5, 5.41) is 1.43. The van der Waals surface area contributed by atoms with E-state index < -0.39 is 0 Å². The number of imidazole rings is 1. The Morgan fingerprint density at radius 1 is 0.862 bits per heavy atom. The Bertz CT molecular complexity index is 1470. The molecule has 2 heterocycles. The van der Waals surface area contributed by atoms with Gasteiger partial charge in [0.1, 0.15) is 0 Å². The molecule has 3 aromatic carbocycles. The molecule has 5 nitrogen and oxygen atoms in total. The van der Waals surface area contributed by atoms with Crippen molar-refractivity contribution in [2.45, 2.75) is 0 Å². The standard InChI is InChI=1S/C22H14Cl2N4O/c1-27-19-9-5-4-8-18(19)26-22(27)28-20(14-11-10-13(23)12-16(14)24)25-17-7-3-2-6-15(17)21(28)29/h2-12H,1H3. The Hall–Kier alpha value is -3.15. The van der Waals surface area contributed by atoms with Crippen LogP contribution in [0.4, 0.5) is 0 Å². The SMILES string of the molecule is Cn1c(-n2c(-c3ccc(Cl)cc3Cl)nc3ccccc3c2=O)nc2ccccc21. The summed E-state index contributed by atoms with van der Waals surface area (Å²) >= 11 is 12.6. The van der Waals surface area contributed by atoms with Crippen molar-refractivity contribution in [1.29, 1.82) is 0 Å². The lowest BCUT2D eigenvalue weighted by atomic mass is 10.1. The van der Waals surface area contributed by atoms with E-state index in [1.807, 2.05) is 54.1 Å². The van der Waals surface area contributed by atoms with Crippen molar-refractivity contribution in [1.82, 2.24) is 19.1 Å². The van der Waals surface area contributed by atoms with E-state index in [2.05, 4.69) is 0 Å². The Labute approximate surface area is 175 Å². The minimum Gasteiger partial charge on any atom is -0.313 e. The van der Waals surface area contributed by atoms with Gasteiger partial charge >= 0.3 is 0 Å². The van der Waals surface area contributed by atoms with Gasteiger partial charge in [-0.05, 0) is 42.5 Å². The Kier molecular flexibility index (Phi) is 4.15. The van der Waals surface area contributed by atoms with Gasteiger partial charge in [0, 0.05) is 17.6 Å². The average molecular weight is 421 g/mol. The van der Waals surface area contributed by atoms with Crippen LogP contribution in [-0.4, -0.2) is 19.1 Å². The van der Waals surface area contributed by atoms with Crippen LogP contribution in [0.3, 0.4) is 0 Å². The van der Waals surface area contributed by atoms with Crippen LogP contribution in [0, 0.1) is 0 Å². The van der Waals surface area contributed by atoms with E-state index in [-0.39, 0.29) is 5.56 Å². The molecule has 0 saturated heterocycles. The lowest BCUT2D eigenvalue weighted by molar-refractivity contribution is 0.813. The molecule has 0 aliphatic rings. The first-order valence-corrected chi connectivity index (χ1v) is 9.69. The molecule has 0 aliphatic heterocycles. The maximum absolute atomic E-state index is 13.5. The molecule has 0 bridgehead atoms. The van der Waals surface area contributed by atoms with Crippen molar-refractivity contribution in [2.75, 3.05) is 0 Å². The summed E-state index contributed by atoms with van der Waals surface area (Å²) in [5.41, 5.74) is 2.68. The second-order valence-corrected chi connectivity index (χ2v) is 7.52. The minimum absolute atomic E-state index is 0.213. The van der Waals surface area contributed by atoms with Gasteiger partial charge in [0.05, 0.1) is 27.0 Å². The number of rotatable bonds is 2. The maximum atomic E-state index is 13.5. The highest BCUT2D eigenvalue weighted by atomic mass is 35.5. The third-order valence-electron chi connectivity index (χ3n) is 4.91. The first-order chi connectivity index (χ1) is 14.0. The molecule has 5 rings (SSSR count). The zero-order valence-corrected chi connectivity index (χ0v) is 16.8. The van der Waals surface area contributed by atoms with Gasteiger partial charge in [-0.15, -0.1) is 0 Å². The van der Waals surface area contributed by atoms with Gasteiger partial charge in [-0.2, -0.15) is 0 Å². The lowest BCUT2D eigenvalue weighted by Crippen LogP contribution is -2.24. The van der Waals surface area contributed by atoms with Crippen molar-refractivity contribution in [2.24, 2.45) is 7.05 Å². The fourth-order valence-corrected chi connectivity index (χ4v) is 4.00. The zero-order valence-electron chi connectivity index (χ0n) is 15.3. The Morgan fingerprint density at radius 3 is 2.34 bits per heavy atom. The predicted octanol–water partition coefficient (Wildman–Crippen LogP) is 5.25. The monoisotopic (exact) mass is 420 g/mol. The van der Waals surface area contributed by atoms with Gasteiger partial charge in [-0.3, -0.25) is 4.79 Å². The first-order valence-electron chi connectivity index (χ1n) is 8.93. The number of nitrogens with zero attached hydrogens (tertiary/aromatic N) is 4. The molecule has 0 atom stereocenters. The van der Waals surface area contributed by atoms with Crippen LogP contribution in [0.1, 0.15) is 0 Å². The van der Waals surface area contributed by atoms with Gasteiger partial charge < -0.3 is 4.57 Å². The van der Waals surface area contributed by atoms with Crippen molar-refractivity contribution in [3.8, 4) is 17.3 Å². The number of para-hydroxylation sites is 3. The number of hydrogen-bond acceptors (Lipinski definition) is 3. The lowest BCUT2D eigenvalue weighted by Gasteiger charge is -2.14. The Balaban J connectivity index is 1.94. The van der Waals surface area contributed by atoms with Crippen molar-refractivity contribution in [3.05, 3.63) is 87.1 Å². The molecule has 5 aromatic rings. The van der Waals surface area contributed by atoms with Gasteiger partial charge in [0.2, 0.25) is 5.95 Å². The van der Waals surface area contributed by atoms with Gasteiger partial charge in [-0.25, -0.2) is 14.5 Å².